The molecule has 0 amide bonds. The second-order valence-corrected chi connectivity index (χ2v) is 7.32. The standard InChI is InChI=1S/C21H25ClN6.HI/c1-23-21(24-10-9-20-25-18-7-2-3-8-19(18)26-20)28-13-11-27(12-14-28)17-6-4-5-16(22)15-17;/h2-8,15H,9-14H2,1H3,(H,23,24)(H,25,26);1H. The quantitative estimate of drug-likeness (QED) is 0.310. The zero-order valence-electron chi connectivity index (χ0n) is 16.4. The van der Waals surface area contributed by atoms with Gasteiger partial charge in [0.05, 0.1) is 11.0 Å². The molecule has 0 aliphatic carbocycles. The summed E-state index contributed by atoms with van der Waals surface area (Å²) in [6.07, 6.45) is 0.830. The minimum atomic E-state index is 0. The van der Waals surface area contributed by atoms with Crippen LogP contribution in [-0.4, -0.2) is 60.6 Å². The average molecular weight is 525 g/mol. The first-order valence-corrected chi connectivity index (χ1v) is 10.0. The first kappa shape index (κ1) is 21.7. The Balaban J connectivity index is 0.00000240. The van der Waals surface area contributed by atoms with Crippen LogP contribution in [0.3, 0.4) is 0 Å². The molecule has 154 valence electrons. The zero-order valence-corrected chi connectivity index (χ0v) is 19.5. The largest absolute Gasteiger partial charge is 0.368 e. The number of H-pyrrole nitrogens is 1. The molecule has 2 aromatic carbocycles. The van der Waals surface area contributed by atoms with Crippen LogP contribution in [0.1, 0.15) is 5.82 Å². The summed E-state index contributed by atoms with van der Waals surface area (Å²) < 4.78 is 0. The third-order valence-electron chi connectivity index (χ3n) is 5.05. The number of rotatable bonds is 4. The number of benzene rings is 2. The molecular formula is C21H26ClIN6. The van der Waals surface area contributed by atoms with E-state index in [4.69, 9.17) is 11.6 Å². The summed E-state index contributed by atoms with van der Waals surface area (Å²) >= 11 is 6.13. The molecule has 0 bridgehead atoms. The van der Waals surface area contributed by atoms with Gasteiger partial charge in [0.25, 0.3) is 0 Å². The van der Waals surface area contributed by atoms with E-state index < -0.39 is 0 Å². The number of nitrogens with zero attached hydrogens (tertiary/aromatic N) is 4. The number of hydrogen-bond donors (Lipinski definition) is 2. The van der Waals surface area contributed by atoms with E-state index in [9.17, 15) is 0 Å². The van der Waals surface area contributed by atoms with Gasteiger partial charge in [0, 0.05) is 56.9 Å². The van der Waals surface area contributed by atoms with Crippen LogP contribution in [-0.2, 0) is 6.42 Å². The third-order valence-corrected chi connectivity index (χ3v) is 5.28. The van der Waals surface area contributed by atoms with E-state index in [1.54, 1.807) is 0 Å². The summed E-state index contributed by atoms with van der Waals surface area (Å²) in [6.45, 7) is 4.55. The lowest BCUT2D eigenvalue weighted by atomic mass is 10.2. The normalized spacial score (nSPS) is 14.8. The highest BCUT2D eigenvalue weighted by atomic mass is 127. The number of halogens is 2. The van der Waals surface area contributed by atoms with Gasteiger partial charge < -0.3 is 20.1 Å². The van der Waals surface area contributed by atoms with E-state index >= 15 is 0 Å². The molecule has 6 nitrogen and oxygen atoms in total. The maximum Gasteiger partial charge on any atom is 0.193 e. The number of guanidine groups is 1. The van der Waals surface area contributed by atoms with E-state index in [0.29, 0.717) is 0 Å². The van der Waals surface area contributed by atoms with Crippen LogP contribution in [0.15, 0.2) is 53.5 Å². The summed E-state index contributed by atoms with van der Waals surface area (Å²) in [5, 5.41) is 4.25. The highest BCUT2D eigenvalue weighted by Crippen LogP contribution is 2.20. The van der Waals surface area contributed by atoms with Gasteiger partial charge in [-0.05, 0) is 30.3 Å². The van der Waals surface area contributed by atoms with Crippen molar-refractivity contribution in [2.24, 2.45) is 4.99 Å². The van der Waals surface area contributed by atoms with Gasteiger partial charge in [-0.2, -0.15) is 0 Å². The van der Waals surface area contributed by atoms with Gasteiger partial charge in [-0.1, -0.05) is 29.8 Å². The number of nitrogens with one attached hydrogen (secondary N) is 2. The Morgan fingerprint density at radius 2 is 1.93 bits per heavy atom. The van der Waals surface area contributed by atoms with Crippen LogP contribution in [0, 0.1) is 0 Å². The Morgan fingerprint density at radius 1 is 1.14 bits per heavy atom. The second kappa shape index (κ2) is 10.2. The van der Waals surface area contributed by atoms with Crippen LogP contribution in [0.5, 0.6) is 0 Å². The van der Waals surface area contributed by atoms with Crippen molar-refractivity contribution in [3.63, 3.8) is 0 Å². The number of piperazine rings is 1. The number of imidazole rings is 1. The first-order valence-electron chi connectivity index (χ1n) is 9.62. The molecule has 4 rings (SSSR count). The molecule has 1 saturated heterocycles. The van der Waals surface area contributed by atoms with Crippen molar-refractivity contribution in [1.82, 2.24) is 20.2 Å². The molecule has 8 heteroatoms. The Bertz CT molecular complexity index is 931. The van der Waals surface area contributed by atoms with Gasteiger partial charge in [-0.25, -0.2) is 4.98 Å². The zero-order chi connectivity index (χ0) is 19.3. The van der Waals surface area contributed by atoms with Crippen LogP contribution >= 0.6 is 35.6 Å². The number of para-hydroxylation sites is 2. The highest BCUT2D eigenvalue weighted by molar-refractivity contribution is 14.0. The van der Waals surface area contributed by atoms with E-state index in [0.717, 1.165) is 67.0 Å². The van der Waals surface area contributed by atoms with Crippen molar-refractivity contribution in [3.05, 3.63) is 59.4 Å². The number of anilines is 1. The number of aliphatic imine (C=N–C) groups is 1. The Hall–Kier alpha value is -2.00. The predicted molar refractivity (Wildman–Crippen MR) is 132 cm³/mol. The molecular weight excluding hydrogens is 499 g/mol. The van der Waals surface area contributed by atoms with Crippen LogP contribution in [0.25, 0.3) is 11.0 Å². The Labute approximate surface area is 193 Å². The lowest BCUT2D eigenvalue weighted by Gasteiger charge is -2.37. The highest BCUT2D eigenvalue weighted by Gasteiger charge is 2.19. The molecule has 0 unspecified atom stereocenters. The molecule has 3 aromatic rings. The topological polar surface area (TPSA) is 59.6 Å². The van der Waals surface area contributed by atoms with Crippen molar-refractivity contribution >= 4 is 58.3 Å². The first-order chi connectivity index (χ1) is 13.7. The molecule has 0 radical (unpaired) electrons. The molecule has 1 aromatic heterocycles. The molecule has 1 fully saturated rings. The van der Waals surface area contributed by atoms with Crippen molar-refractivity contribution in [3.8, 4) is 0 Å². The molecule has 2 N–H and O–H groups in total. The summed E-state index contributed by atoms with van der Waals surface area (Å²) in [5.74, 6) is 1.94. The molecule has 0 atom stereocenters. The summed E-state index contributed by atoms with van der Waals surface area (Å²) in [7, 11) is 1.84. The number of aromatic amines is 1. The Kier molecular flexibility index (Phi) is 7.60. The van der Waals surface area contributed by atoms with E-state index in [2.05, 4.69) is 42.2 Å². The van der Waals surface area contributed by atoms with Crippen molar-refractivity contribution in [1.29, 1.82) is 0 Å². The van der Waals surface area contributed by atoms with Gasteiger partial charge >= 0.3 is 0 Å². The van der Waals surface area contributed by atoms with Crippen molar-refractivity contribution in [2.45, 2.75) is 6.42 Å². The maximum atomic E-state index is 6.13. The minimum Gasteiger partial charge on any atom is -0.368 e. The van der Waals surface area contributed by atoms with E-state index in [-0.39, 0.29) is 24.0 Å². The van der Waals surface area contributed by atoms with Crippen LogP contribution < -0.4 is 10.2 Å². The fourth-order valence-electron chi connectivity index (χ4n) is 3.60. The van der Waals surface area contributed by atoms with E-state index in [1.165, 1.54) is 5.69 Å². The molecule has 0 spiro atoms. The summed E-state index contributed by atoms with van der Waals surface area (Å²) in [4.78, 5) is 17.1. The predicted octanol–water partition coefficient (Wildman–Crippen LogP) is 3.77. The van der Waals surface area contributed by atoms with Crippen molar-refractivity contribution < 1.29 is 0 Å². The molecule has 1 aliphatic heterocycles. The van der Waals surface area contributed by atoms with Gasteiger partial charge in [0.1, 0.15) is 5.82 Å². The smallest absolute Gasteiger partial charge is 0.193 e. The number of fused-ring (bicyclic) bond motifs is 1. The summed E-state index contributed by atoms with van der Waals surface area (Å²) in [6, 6.07) is 16.2. The minimum absolute atomic E-state index is 0. The number of aromatic nitrogens is 2. The van der Waals surface area contributed by atoms with Crippen molar-refractivity contribution in [2.75, 3.05) is 44.7 Å². The van der Waals surface area contributed by atoms with Crippen LogP contribution in [0.2, 0.25) is 5.02 Å². The monoisotopic (exact) mass is 524 g/mol. The molecule has 29 heavy (non-hydrogen) atoms. The van der Waals surface area contributed by atoms with Crippen LogP contribution in [0.4, 0.5) is 5.69 Å². The lowest BCUT2D eigenvalue weighted by molar-refractivity contribution is 0.373. The van der Waals surface area contributed by atoms with Gasteiger partial charge in [0.2, 0.25) is 0 Å². The number of hydrogen-bond acceptors (Lipinski definition) is 3. The van der Waals surface area contributed by atoms with Gasteiger partial charge in [-0.15, -0.1) is 24.0 Å². The van der Waals surface area contributed by atoms with Gasteiger partial charge in [-0.3, -0.25) is 4.99 Å². The Morgan fingerprint density at radius 3 is 2.66 bits per heavy atom. The average Bonchev–Trinajstić information content (AvgIpc) is 3.14. The second-order valence-electron chi connectivity index (χ2n) is 6.88. The maximum absolute atomic E-state index is 6.13. The lowest BCUT2D eigenvalue weighted by Crippen LogP contribution is -2.52. The molecule has 0 saturated carbocycles. The van der Waals surface area contributed by atoms with E-state index in [1.807, 2.05) is 43.4 Å². The SMILES string of the molecule is CN=C(NCCc1nc2ccccc2[nH]1)N1CCN(c2cccc(Cl)c2)CC1.I. The molecule has 2 heterocycles. The fourth-order valence-corrected chi connectivity index (χ4v) is 3.78. The fraction of sp³-hybridized carbons (Fsp3) is 0.333. The van der Waals surface area contributed by atoms with Gasteiger partial charge in [0.15, 0.2) is 5.96 Å². The summed E-state index contributed by atoms with van der Waals surface area (Å²) in [5.41, 5.74) is 3.28. The third kappa shape index (κ3) is 5.33. The molecule has 1 aliphatic rings.